The van der Waals surface area contributed by atoms with Gasteiger partial charge in [0.2, 0.25) is 0 Å². The Labute approximate surface area is 125 Å². The maximum atomic E-state index is 10.8. The molecule has 114 valence electrons. The van der Waals surface area contributed by atoms with Crippen molar-refractivity contribution in [3.05, 3.63) is 40.6 Å². The third-order valence-corrected chi connectivity index (χ3v) is 3.82. The third kappa shape index (κ3) is 3.61. The summed E-state index contributed by atoms with van der Waals surface area (Å²) in [5, 5.41) is 11.9. The molecule has 1 aliphatic heterocycles. The first kappa shape index (κ1) is 15.5. The second-order valence-corrected chi connectivity index (χ2v) is 5.06. The fourth-order valence-corrected chi connectivity index (χ4v) is 2.74. The largest absolute Gasteiger partial charge is 0.346 e. The molecule has 1 fully saturated rings. The molecule has 0 aliphatic carbocycles. The van der Waals surface area contributed by atoms with E-state index in [4.69, 9.17) is 0 Å². The van der Waals surface area contributed by atoms with Crippen molar-refractivity contribution >= 4 is 16.6 Å². The summed E-state index contributed by atoms with van der Waals surface area (Å²) < 4.78 is 2.11. The summed E-state index contributed by atoms with van der Waals surface area (Å²) in [6.45, 7) is 8.27. The molecule has 2 aromatic rings. The highest BCUT2D eigenvalue weighted by Crippen LogP contribution is 2.22. The lowest BCUT2D eigenvalue weighted by Crippen LogP contribution is -2.23. The number of nitrogens with zero attached hydrogens (tertiary/aromatic N) is 3. The Kier molecular flexibility index (Phi) is 5.33. The molecule has 1 aromatic heterocycles. The summed E-state index contributed by atoms with van der Waals surface area (Å²) in [7, 11) is 0. The first-order valence-corrected chi connectivity index (χ1v) is 7.70. The molecule has 1 aromatic carbocycles. The fraction of sp³-hybridized carbons (Fsp3) is 0.500. The molecular formula is C16H23N3O2. The first-order valence-electron chi connectivity index (χ1n) is 7.70. The number of nitro groups is 1. The van der Waals surface area contributed by atoms with Crippen LogP contribution in [0.5, 0.6) is 0 Å². The molecule has 0 saturated carbocycles. The van der Waals surface area contributed by atoms with E-state index in [0.29, 0.717) is 0 Å². The molecule has 5 heteroatoms. The van der Waals surface area contributed by atoms with Crippen LogP contribution in [0.15, 0.2) is 30.5 Å². The van der Waals surface area contributed by atoms with E-state index in [1.807, 2.05) is 32.2 Å². The van der Waals surface area contributed by atoms with E-state index < -0.39 is 0 Å². The van der Waals surface area contributed by atoms with Crippen molar-refractivity contribution in [1.29, 1.82) is 0 Å². The van der Waals surface area contributed by atoms with Crippen LogP contribution in [-0.2, 0) is 6.54 Å². The lowest BCUT2D eigenvalue weighted by molar-refractivity contribution is -0.384. The van der Waals surface area contributed by atoms with Crippen molar-refractivity contribution in [1.82, 2.24) is 9.47 Å². The number of nitro benzene ring substituents is 1. The van der Waals surface area contributed by atoms with Gasteiger partial charge in [-0.3, -0.25) is 10.1 Å². The first-order chi connectivity index (χ1) is 10.2. The van der Waals surface area contributed by atoms with Crippen LogP contribution >= 0.6 is 0 Å². The molecule has 1 aliphatic rings. The Morgan fingerprint density at radius 2 is 1.86 bits per heavy atom. The monoisotopic (exact) mass is 289 g/mol. The zero-order valence-electron chi connectivity index (χ0n) is 12.8. The molecule has 3 rings (SSSR count). The summed E-state index contributed by atoms with van der Waals surface area (Å²) in [5.74, 6) is 0. The maximum Gasteiger partial charge on any atom is 0.271 e. The average Bonchev–Trinajstić information content (AvgIpc) is 3.16. The number of rotatable bonds is 4. The molecule has 0 bridgehead atoms. The van der Waals surface area contributed by atoms with Gasteiger partial charge in [0.05, 0.1) is 10.4 Å². The number of hydrogen-bond acceptors (Lipinski definition) is 3. The van der Waals surface area contributed by atoms with Gasteiger partial charge in [0.25, 0.3) is 5.69 Å². The lowest BCUT2D eigenvalue weighted by atomic mass is 10.2. The zero-order valence-corrected chi connectivity index (χ0v) is 12.8. The molecule has 1 saturated heterocycles. The van der Waals surface area contributed by atoms with Gasteiger partial charge >= 0.3 is 0 Å². The molecule has 21 heavy (non-hydrogen) atoms. The summed E-state index contributed by atoms with van der Waals surface area (Å²) >= 11 is 0. The van der Waals surface area contributed by atoms with E-state index in [1.54, 1.807) is 12.1 Å². The van der Waals surface area contributed by atoms with Gasteiger partial charge in [-0.1, -0.05) is 13.8 Å². The van der Waals surface area contributed by atoms with E-state index in [9.17, 15) is 10.1 Å². The van der Waals surface area contributed by atoms with Crippen molar-refractivity contribution < 1.29 is 4.92 Å². The second kappa shape index (κ2) is 7.22. The summed E-state index contributed by atoms with van der Waals surface area (Å²) in [5.41, 5.74) is 1.11. The highest BCUT2D eigenvalue weighted by molar-refractivity contribution is 5.82. The minimum atomic E-state index is -0.336. The van der Waals surface area contributed by atoms with E-state index in [1.165, 1.54) is 25.9 Å². The molecule has 5 nitrogen and oxygen atoms in total. The SMILES string of the molecule is CC.O=[N+]([O-])c1ccc2ccn(CCN3CCCC3)c2c1. The smallest absolute Gasteiger partial charge is 0.271 e. The number of aromatic nitrogens is 1. The number of non-ortho nitro benzene ring substituents is 1. The highest BCUT2D eigenvalue weighted by atomic mass is 16.6. The lowest BCUT2D eigenvalue weighted by Gasteiger charge is -2.15. The quantitative estimate of drug-likeness (QED) is 0.637. The Bertz CT molecular complexity index is 601. The van der Waals surface area contributed by atoms with Crippen LogP contribution < -0.4 is 0 Å². The van der Waals surface area contributed by atoms with Gasteiger partial charge in [0.1, 0.15) is 0 Å². The number of fused-ring (bicyclic) bond motifs is 1. The molecule has 0 N–H and O–H groups in total. The van der Waals surface area contributed by atoms with Crippen LogP contribution in [0.4, 0.5) is 5.69 Å². The van der Waals surface area contributed by atoms with Crippen molar-refractivity contribution in [2.45, 2.75) is 33.2 Å². The van der Waals surface area contributed by atoms with Crippen LogP contribution in [0.2, 0.25) is 0 Å². The normalized spacial score (nSPS) is 15.0. The van der Waals surface area contributed by atoms with Crippen LogP contribution in [0.25, 0.3) is 10.9 Å². The predicted octanol–water partition coefficient (Wildman–Crippen LogP) is 3.67. The van der Waals surface area contributed by atoms with Gasteiger partial charge in [-0.05, 0) is 38.1 Å². The zero-order chi connectivity index (χ0) is 15.2. The number of hydrogen-bond donors (Lipinski definition) is 0. The van der Waals surface area contributed by atoms with Crippen LogP contribution in [0, 0.1) is 10.1 Å². The molecule has 0 amide bonds. The van der Waals surface area contributed by atoms with Gasteiger partial charge in [0.15, 0.2) is 0 Å². The van der Waals surface area contributed by atoms with Crippen LogP contribution in [-0.4, -0.2) is 34.0 Å². The number of likely N-dealkylation sites (tertiary alicyclic amines) is 1. The van der Waals surface area contributed by atoms with Gasteiger partial charge in [-0.2, -0.15) is 0 Å². The summed E-state index contributed by atoms with van der Waals surface area (Å²) in [6, 6.07) is 7.06. The van der Waals surface area contributed by atoms with E-state index >= 15 is 0 Å². The third-order valence-electron chi connectivity index (χ3n) is 3.82. The topological polar surface area (TPSA) is 51.3 Å². The average molecular weight is 289 g/mol. The second-order valence-electron chi connectivity index (χ2n) is 5.06. The minimum absolute atomic E-state index is 0.161. The summed E-state index contributed by atoms with van der Waals surface area (Å²) in [6.07, 6.45) is 4.60. The van der Waals surface area contributed by atoms with Gasteiger partial charge in [0, 0.05) is 36.8 Å². The van der Waals surface area contributed by atoms with Gasteiger partial charge < -0.3 is 9.47 Å². The fourth-order valence-electron chi connectivity index (χ4n) is 2.74. The molecule has 0 unspecified atom stereocenters. The Morgan fingerprint density at radius 1 is 1.14 bits per heavy atom. The highest BCUT2D eigenvalue weighted by Gasteiger charge is 2.12. The Balaban J connectivity index is 0.000000774. The van der Waals surface area contributed by atoms with E-state index in [-0.39, 0.29) is 10.6 Å². The molecule has 2 heterocycles. The van der Waals surface area contributed by atoms with Crippen LogP contribution in [0.1, 0.15) is 26.7 Å². The molecule has 0 spiro atoms. The predicted molar refractivity (Wildman–Crippen MR) is 85.6 cm³/mol. The summed E-state index contributed by atoms with van der Waals surface area (Å²) in [4.78, 5) is 12.9. The van der Waals surface area contributed by atoms with Crippen molar-refractivity contribution in [3.8, 4) is 0 Å². The Hall–Kier alpha value is -1.88. The van der Waals surface area contributed by atoms with Crippen molar-refractivity contribution in [3.63, 3.8) is 0 Å². The Morgan fingerprint density at radius 3 is 2.52 bits per heavy atom. The molecular weight excluding hydrogens is 266 g/mol. The standard InChI is InChI=1S/C14H17N3O2.C2H6/c18-17(19)13-4-3-12-5-8-16(14(12)11-13)10-9-15-6-1-2-7-15;1-2/h3-5,8,11H,1-2,6-7,9-10H2;1-2H3. The minimum Gasteiger partial charge on any atom is -0.346 e. The van der Waals surface area contributed by atoms with Crippen molar-refractivity contribution in [2.75, 3.05) is 19.6 Å². The molecule has 0 radical (unpaired) electrons. The van der Waals surface area contributed by atoms with Crippen LogP contribution in [0.3, 0.4) is 0 Å². The number of benzene rings is 1. The molecule has 0 atom stereocenters. The maximum absolute atomic E-state index is 10.8. The van der Waals surface area contributed by atoms with Crippen molar-refractivity contribution in [2.24, 2.45) is 0 Å². The van der Waals surface area contributed by atoms with E-state index in [0.717, 1.165) is 24.0 Å². The van der Waals surface area contributed by atoms with E-state index in [2.05, 4.69) is 9.47 Å². The van der Waals surface area contributed by atoms with Gasteiger partial charge in [-0.15, -0.1) is 0 Å². The van der Waals surface area contributed by atoms with Gasteiger partial charge in [-0.25, -0.2) is 0 Å².